The molecule has 3 heteroatoms. The van der Waals surface area contributed by atoms with Crippen molar-refractivity contribution in [3.05, 3.63) is 0 Å². The maximum atomic E-state index is 5.68. The molecule has 0 saturated carbocycles. The van der Waals surface area contributed by atoms with Crippen LogP contribution in [0.25, 0.3) is 0 Å². The van der Waals surface area contributed by atoms with E-state index in [1.54, 1.807) is 0 Å². The predicted molar refractivity (Wildman–Crippen MR) is 42.0 cm³/mol. The van der Waals surface area contributed by atoms with Gasteiger partial charge in [-0.1, -0.05) is 19.6 Å². The van der Waals surface area contributed by atoms with Crippen molar-refractivity contribution in [3.8, 4) is 0 Å². The van der Waals surface area contributed by atoms with E-state index in [-0.39, 0.29) is 5.67 Å². The standard InChI is InChI=1S/C5H14ClNSi/c1-8(2,3)5(7)4-6/h5H,4,7H2,1-3H3. The summed E-state index contributed by atoms with van der Waals surface area (Å²) in [5.74, 6) is 0.607. The highest BCUT2D eigenvalue weighted by Gasteiger charge is 2.21. The zero-order valence-electron chi connectivity index (χ0n) is 5.74. The minimum absolute atomic E-state index is 0.254. The van der Waals surface area contributed by atoms with Crippen molar-refractivity contribution in [2.75, 3.05) is 5.88 Å². The molecule has 8 heavy (non-hydrogen) atoms. The Hall–Kier alpha value is 0.467. The van der Waals surface area contributed by atoms with Crippen molar-refractivity contribution in [2.24, 2.45) is 5.73 Å². The summed E-state index contributed by atoms with van der Waals surface area (Å²) in [6, 6.07) is 0. The highest BCUT2D eigenvalue weighted by Crippen LogP contribution is 2.05. The number of alkyl halides is 1. The number of rotatable bonds is 2. The average molecular weight is 152 g/mol. The van der Waals surface area contributed by atoms with Gasteiger partial charge in [0.05, 0.1) is 8.07 Å². The quantitative estimate of drug-likeness (QED) is 0.469. The first-order chi connectivity index (χ1) is 3.48. The van der Waals surface area contributed by atoms with Crippen molar-refractivity contribution in [2.45, 2.75) is 25.3 Å². The van der Waals surface area contributed by atoms with Crippen LogP contribution in [0.2, 0.25) is 19.6 Å². The first-order valence-electron chi connectivity index (χ1n) is 2.80. The molecule has 1 nitrogen and oxygen atoms in total. The monoisotopic (exact) mass is 151 g/mol. The molecule has 0 rings (SSSR count). The fourth-order valence-electron chi connectivity index (χ4n) is 0.231. The molecule has 0 amide bonds. The zero-order chi connectivity index (χ0) is 6.78. The molecule has 0 bridgehead atoms. The van der Waals surface area contributed by atoms with Gasteiger partial charge in [-0.05, 0) is 0 Å². The van der Waals surface area contributed by atoms with Crippen molar-refractivity contribution in [3.63, 3.8) is 0 Å². The van der Waals surface area contributed by atoms with E-state index in [1.165, 1.54) is 0 Å². The van der Waals surface area contributed by atoms with Crippen LogP contribution in [0.4, 0.5) is 0 Å². The lowest BCUT2D eigenvalue weighted by Crippen LogP contribution is -2.46. The maximum absolute atomic E-state index is 5.68. The van der Waals surface area contributed by atoms with Crippen LogP contribution in [0.15, 0.2) is 0 Å². The molecule has 1 atom stereocenters. The van der Waals surface area contributed by atoms with Gasteiger partial charge >= 0.3 is 0 Å². The Morgan fingerprint density at radius 2 is 1.88 bits per heavy atom. The summed E-state index contributed by atoms with van der Waals surface area (Å²) in [7, 11) is -1.11. The molecule has 0 heterocycles. The Morgan fingerprint density at radius 1 is 1.50 bits per heavy atom. The fraction of sp³-hybridized carbons (Fsp3) is 1.00. The Kier molecular flexibility index (Phi) is 3.02. The summed E-state index contributed by atoms with van der Waals surface area (Å²) in [5, 5.41) is 0. The molecular formula is C5H14ClNSi. The molecule has 0 aromatic rings. The van der Waals surface area contributed by atoms with E-state index >= 15 is 0 Å². The molecule has 0 aromatic carbocycles. The largest absolute Gasteiger partial charge is 0.329 e. The van der Waals surface area contributed by atoms with Crippen LogP contribution < -0.4 is 5.73 Å². The summed E-state index contributed by atoms with van der Waals surface area (Å²) >= 11 is 5.55. The number of halogens is 1. The summed E-state index contributed by atoms with van der Waals surface area (Å²) in [6.07, 6.45) is 0. The molecule has 2 N–H and O–H groups in total. The van der Waals surface area contributed by atoms with E-state index in [0.717, 1.165) is 0 Å². The topological polar surface area (TPSA) is 26.0 Å². The fourth-order valence-corrected chi connectivity index (χ4v) is 2.08. The number of hydrogen-bond acceptors (Lipinski definition) is 1. The third-order valence-electron chi connectivity index (χ3n) is 1.28. The van der Waals surface area contributed by atoms with Crippen LogP contribution in [-0.4, -0.2) is 19.6 Å². The Labute approximate surface area is 57.2 Å². The maximum Gasteiger partial charge on any atom is 0.0647 e. The second kappa shape index (κ2) is 2.85. The molecule has 1 unspecified atom stereocenters. The molecule has 0 aliphatic carbocycles. The molecule has 50 valence electrons. The van der Waals surface area contributed by atoms with Crippen LogP contribution in [0.1, 0.15) is 0 Å². The van der Waals surface area contributed by atoms with Gasteiger partial charge < -0.3 is 5.73 Å². The lowest BCUT2D eigenvalue weighted by Gasteiger charge is -2.21. The average Bonchev–Trinajstić information content (AvgIpc) is 1.62. The molecule has 0 aliphatic rings. The second-order valence-electron chi connectivity index (χ2n) is 3.13. The van der Waals surface area contributed by atoms with E-state index in [1.807, 2.05) is 0 Å². The second-order valence-corrected chi connectivity index (χ2v) is 8.91. The zero-order valence-corrected chi connectivity index (χ0v) is 7.50. The van der Waals surface area contributed by atoms with E-state index in [9.17, 15) is 0 Å². The van der Waals surface area contributed by atoms with E-state index in [4.69, 9.17) is 17.3 Å². The minimum Gasteiger partial charge on any atom is -0.329 e. The van der Waals surface area contributed by atoms with Crippen molar-refractivity contribution < 1.29 is 0 Å². The Morgan fingerprint density at radius 3 is 1.88 bits per heavy atom. The van der Waals surface area contributed by atoms with Crippen molar-refractivity contribution in [1.82, 2.24) is 0 Å². The van der Waals surface area contributed by atoms with Gasteiger partial charge in [0.15, 0.2) is 0 Å². The lowest BCUT2D eigenvalue weighted by atomic mass is 10.8. The first-order valence-corrected chi connectivity index (χ1v) is 6.91. The number of hydrogen-bond donors (Lipinski definition) is 1. The minimum atomic E-state index is -1.11. The van der Waals surface area contributed by atoms with Crippen LogP contribution in [0.5, 0.6) is 0 Å². The SMILES string of the molecule is C[Si](C)(C)C(N)CCl. The van der Waals surface area contributed by atoms with Crippen LogP contribution in [-0.2, 0) is 0 Å². The van der Waals surface area contributed by atoms with Crippen LogP contribution >= 0.6 is 11.6 Å². The highest BCUT2D eigenvalue weighted by atomic mass is 35.5. The molecule has 0 aliphatic heterocycles. The molecule has 0 fully saturated rings. The van der Waals surface area contributed by atoms with Gasteiger partial charge in [0.25, 0.3) is 0 Å². The van der Waals surface area contributed by atoms with Gasteiger partial charge in [-0.2, -0.15) is 0 Å². The summed E-state index contributed by atoms with van der Waals surface area (Å²) in [5.41, 5.74) is 5.93. The van der Waals surface area contributed by atoms with Gasteiger partial charge in [0.2, 0.25) is 0 Å². The molecule has 0 spiro atoms. The summed E-state index contributed by atoms with van der Waals surface area (Å²) in [6.45, 7) is 6.67. The highest BCUT2D eigenvalue weighted by molar-refractivity contribution is 6.78. The normalized spacial score (nSPS) is 16.1. The van der Waals surface area contributed by atoms with Gasteiger partial charge in [-0.25, -0.2) is 0 Å². The van der Waals surface area contributed by atoms with Gasteiger partial charge in [-0.15, -0.1) is 11.6 Å². The van der Waals surface area contributed by atoms with Crippen LogP contribution in [0, 0.1) is 0 Å². The lowest BCUT2D eigenvalue weighted by molar-refractivity contribution is 0.982. The smallest absolute Gasteiger partial charge is 0.0647 e. The van der Waals surface area contributed by atoms with E-state index < -0.39 is 8.07 Å². The Balaban J connectivity index is 3.62. The summed E-state index contributed by atoms with van der Waals surface area (Å²) in [4.78, 5) is 0. The van der Waals surface area contributed by atoms with Crippen molar-refractivity contribution in [1.29, 1.82) is 0 Å². The third-order valence-corrected chi connectivity index (χ3v) is 4.30. The number of nitrogens with two attached hydrogens (primary N) is 1. The summed E-state index contributed by atoms with van der Waals surface area (Å²) < 4.78 is 0. The third kappa shape index (κ3) is 2.70. The molecule has 0 radical (unpaired) electrons. The van der Waals surface area contributed by atoms with E-state index in [0.29, 0.717) is 5.88 Å². The first kappa shape index (κ1) is 8.47. The van der Waals surface area contributed by atoms with Crippen molar-refractivity contribution >= 4 is 19.7 Å². The Bertz CT molecular complexity index is 69.3. The molecular weight excluding hydrogens is 138 g/mol. The van der Waals surface area contributed by atoms with Gasteiger partial charge in [0, 0.05) is 11.5 Å². The van der Waals surface area contributed by atoms with E-state index in [2.05, 4.69) is 19.6 Å². The predicted octanol–water partition coefficient (Wildman–Crippen LogP) is 1.43. The molecule has 0 aromatic heterocycles. The van der Waals surface area contributed by atoms with Gasteiger partial charge in [-0.3, -0.25) is 0 Å². The molecule has 0 saturated heterocycles. The van der Waals surface area contributed by atoms with Crippen LogP contribution in [0.3, 0.4) is 0 Å². The van der Waals surface area contributed by atoms with Gasteiger partial charge in [0.1, 0.15) is 0 Å².